The van der Waals surface area contributed by atoms with Crippen LogP contribution < -0.4 is 11.1 Å². The van der Waals surface area contributed by atoms with Crippen LogP contribution in [0.4, 0.5) is 0 Å². The zero-order valence-corrected chi connectivity index (χ0v) is 41.2. The van der Waals surface area contributed by atoms with Crippen molar-refractivity contribution in [2.45, 2.75) is 323 Å². The number of nitrogens with two attached hydrogens (primary N) is 1. The number of aliphatic hydroxyl groups excluding tert-OH is 2. The SMILES string of the molecule is CCCCCCCCCCCCC(O)CO.CCCCCCCCCCCCCCCCNCCCCCCCCCCCC.CCCCCCCCCCCCN. The van der Waals surface area contributed by atoms with Gasteiger partial charge < -0.3 is 21.3 Å². The number of unbranched alkanes of at least 4 members (excludes halogenated alkanes) is 40. The molecule has 0 aromatic heterocycles. The monoisotopic (exact) mass is 825 g/mol. The molecule has 0 spiro atoms. The number of aliphatic hydroxyl groups is 2. The average molecular weight is 826 g/mol. The molecule has 0 amide bonds. The third-order valence-electron chi connectivity index (χ3n) is 12.1. The van der Waals surface area contributed by atoms with Crippen LogP contribution in [0.5, 0.6) is 0 Å². The summed E-state index contributed by atoms with van der Waals surface area (Å²) >= 11 is 0. The van der Waals surface area contributed by atoms with Gasteiger partial charge in [-0.15, -0.1) is 0 Å². The van der Waals surface area contributed by atoms with E-state index in [1.165, 1.54) is 289 Å². The van der Waals surface area contributed by atoms with Crippen LogP contribution in [0.3, 0.4) is 0 Å². The Morgan fingerprint density at radius 1 is 0.310 bits per heavy atom. The van der Waals surface area contributed by atoms with Crippen molar-refractivity contribution in [2.75, 3.05) is 26.2 Å². The van der Waals surface area contributed by atoms with Gasteiger partial charge in [-0.1, -0.05) is 291 Å². The molecule has 0 rings (SSSR count). The fraction of sp³-hybridized carbons (Fsp3) is 1.00. The van der Waals surface area contributed by atoms with Gasteiger partial charge in [0.15, 0.2) is 0 Å². The third-order valence-corrected chi connectivity index (χ3v) is 12.1. The molecule has 58 heavy (non-hydrogen) atoms. The third kappa shape index (κ3) is 67.6. The van der Waals surface area contributed by atoms with Crippen LogP contribution in [0.15, 0.2) is 0 Å². The minimum Gasteiger partial charge on any atom is -0.394 e. The van der Waals surface area contributed by atoms with E-state index in [9.17, 15) is 0 Å². The highest BCUT2D eigenvalue weighted by molar-refractivity contribution is 4.55. The predicted molar refractivity (Wildman–Crippen MR) is 265 cm³/mol. The molecule has 0 aliphatic carbocycles. The first-order valence-electron chi connectivity index (χ1n) is 27.3. The van der Waals surface area contributed by atoms with E-state index in [4.69, 9.17) is 15.9 Å². The number of nitrogens with one attached hydrogen (secondary N) is 1. The van der Waals surface area contributed by atoms with Gasteiger partial charge in [0.25, 0.3) is 0 Å². The van der Waals surface area contributed by atoms with Crippen LogP contribution >= 0.6 is 0 Å². The van der Waals surface area contributed by atoms with E-state index in [0.29, 0.717) is 0 Å². The van der Waals surface area contributed by atoms with Gasteiger partial charge in [0.05, 0.1) is 12.7 Å². The molecule has 4 nitrogen and oxygen atoms in total. The Balaban J connectivity index is -0.000000874. The Kier molecular flexibility index (Phi) is 68.0. The lowest BCUT2D eigenvalue weighted by Gasteiger charge is -2.06. The largest absolute Gasteiger partial charge is 0.394 e. The smallest absolute Gasteiger partial charge is 0.0770 e. The summed E-state index contributed by atoms with van der Waals surface area (Å²) in [5.74, 6) is 0. The van der Waals surface area contributed by atoms with E-state index in [2.05, 4.69) is 33.0 Å². The molecule has 0 aliphatic rings. The molecule has 0 saturated heterocycles. The van der Waals surface area contributed by atoms with Gasteiger partial charge in [-0.25, -0.2) is 0 Å². The van der Waals surface area contributed by atoms with Gasteiger partial charge in [0.1, 0.15) is 0 Å². The Morgan fingerprint density at radius 2 is 0.517 bits per heavy atom. The standard InChI is InChI=1S/C28H59N.C14H30O2.C12H27N/c1-3-5-7-9-11-13-15-16-17-18-20-22-24-26-28-29-27-25-23-21-19-14-12-10-8-6-4-2;1-2-3-4-5-6-7-8-9-10-11-12-14(16)13-15;1-2-3-4-5-6-7-8-9-10-11-12-13/h29H,3-28H2,1-2H3;14-16H,2-13H2,1H3;2-13H2,1H3. The minimum atomic E-state index is -0.492. The second kappa shape index (κ2) is 63.5. The highest BCUT2D eigenvalue weighted by atomic mass is 16.3. The summed E-state index contributed by atoms with van der Waals surface area (Å²) in [6, 6.07) is 0. The highest BCUT2D eigenvalue weighted by Gasteiger charge is 2.01. The van der Waals surface area contributed by atoms with Crippen molar-refractivity contribution >= 4 is 0 Å². The summed E-state index contributed by atoms with van der Waals surface area (Å²) in [7, 11) is 0. The summed E-state index contributed by atoms with van der Waals surface area (Å²) < 4.78 is 0. The number of rotatable bonds is 48. The van der Waals surface area contributed by atoms with Gasteiger partial charge in [-0.2, -0.15) is 0 Å². The maximum atomic E-state index is 9.13. The van der Waals surface area contributed by atoms with E-state index >= 15 is 0 Å². The fourth-order valence-corrected chi connectivity index (χ4v) is 7.90. The lowest BCUT2D eigenvalue weighted by molar-refractivity contribution is 0.0860. The summed E-state index contributed by atoms with van der Waals surface area (Å²) in [4.78, 5) is 0. The Bertz CT molecular complexity index is 596. The van der Waals surface area contributed by atoms with E-state index in [1.54, 1.807) is 0 Å². The molecule has 0 fully saturated rings. The van der Waals surface area contributed by atoms with Gasteiger partial charge >= 0.3 is 0 Å². The van der Waals surface area contributed by atoms with E-state index < -0.39 is 6.10 Å². The molecular formula is C54H116N2O2. The quantitative estimate of drug-likeness (QED) is 0.0461. The molecule has 1 atom stereocenters. The van der Waals surface area contributed by atoms with Crippen LogP contribution in [0, 0.1) is 0 Å². The maximum Gasteiger partial charge on any atom is 0.0770 e. The molecule has 354 valence electrons. The summed E-state index contributed by atoms with van der Waals surface area (Å²) in [6.45, 7) is 12.4. The van der Waals surface area contributed by atoms with Crippen LogP contribution in [0.1, 0.15) is 317 Å². The zero-order chi connectivity index (χ0) is 42.9. The molecule has 1 unspecified atom stereocenters. The summed E-state index contributed by atoms with van der Waals surface area (Å²) in [5.41, 5.74) is 5.42. The first-order chi connectivity index (χ1) is 28.6. The molecule has 0 radical (unpaired) electrons. The number of hydrogen-bond acceptors (Lipinski definition) is 4. The zero-order valence-electron chi connectivity index (χ0n) is 41.2. The normalized spacial score (nSPS) is 11.6. The Labute approximate surface area is 369 Å². The topological polar surface area (TPSA) is 78.5 Å². The van der Waals surface area contributed by atoms with E-state index in [-0.39, 0.29) is 6.61 Å². The first-order valence-corrected chi connectivity index (χ1v) is 27.3. The molecule has 4 heteroatoms. The van der Waals surface area contributed by atoms with Crippen molar-refractivity contribution in [3.63, 3.8) is 0 Å². The molecule has 0 aromatic carbocycles. The van der Waals surface area contributed by atoms with Gasteiger partial charge in [0.2, 0.25) is 0 Å². The van der Waals surface area contributed by atoms with Crippen LogP contribution in [0.25, 0.3) is 0 Å². The van der Waals surface area contributed by atoms with Crippen molar-refractivity contribution in [3.05, 3.63) is 0 Å². The fourth-order valence-electron chi connectivity index (χ4n) is 7.90. The van der Waals surface area contributed by atoms with E-state index in [0.717, 1.165) is 19.4 Å². The van der Waals surface area contributed by atoms with Gasteiger partial charge in [-0.05, 0) is 45.3 Å². The average Bonchev–Trinajstić information content (AvgIpc) is 3.24. The van der Waals surface area contributed by atoms with Crippen LogP contribution in [-0.4, -0.2) is 42.6 Å². The Hall–Kier alpha value is -0.160. The molecular weight excluding hydrogens is 709 g/mol. The predicted octanol–water partition coefficient (Wildman–Crippen LogP) is 17.5. The van der Waals surface area contributed by atoms with Crippen molar-refractivity contribution in [3.8, 4) is 0 Å². The Morgan fingerprint density at radius 3 is 0.741 bits per heavy atom. The number of hydrogen-bond donors (Lipinski definition) is 4. The van der Waals surface area contributed by atoms with Crippen molar-refractivity contribution in [2.24, 2.45) is 5.73 Å². The van der Waals surface area contributed by atoms with Gasteiger partial charge in [0, 0.05) is 0 Å². The van der Waals surface area contributed by atoms with Crippen molar-refractivity contribution in [1.29, 1.82) is 0 Å². The second-order valence-electron chi connectivity index (χ2n) is 18.3. The minimum absolute atomic E-state index is 0.0859. The lowest BCUT2D eigenvalue weighted by Crippen LogP contribution is -2.16. The van der Waals surface area contributed by atoms with Gasteiger partial charge in [-0.3, -0.25) is 0 Å². The molecule has 0 bridgehead atoms. The summed E-state index contributed by atoms with van der Waals surface area (Å²) in [6.07, 6.45) is 62.1. The molecule has 0 aliphatic heterocycles. The second-order valence-corrected chi connectivity index (χ2v) is 18.3. The molecule has 5 N–H and O–H groups in total. The van der Waals surface area contributed by atoms with Crippen LogP contribution in [-0.2, 0) is 0 Å². The van der Waals surface area contributed by atoms with E-state index in [1.807, 2.05) is 0 Å². The molecule has 0 saturated carbocycles. The highest BCUT2D eigenvalue weighted by Crippen LogP contribution is 2.15. The van der Waals surface area contributed by atoms with Crippen molar-refractivity contribution < 1.29 is 10.2 Å². The van der Waals surface area contributed by atoms with Crippen molar-refractivity contribution in [1.82, 2.24) is 5.32 Å². The molecule has 0 heterocycles. The first kappa shape index (κ1) is 62.1. The lowest BCUT2D eigenvalue weighted by atomic mass is 10.0. The summed E-state index contributed by atoms with van der Waals surface area (Å²) in [5, 5.41) is 21.4. The molecule has 0 aromatic rings. The maximum absolute atomic E-state index is 9.13. The van der Waals surface area contributed by atoms with Crippen LogP contribution in [0.2, 0.25) is 0 Å².